The van der Waals surface area contributed by atoms with Crippen molar-refractivity contribution in [3.05, 3.63) is 76.3 Å². The van der Waals surface area contributed by atoms with E-state index in [9.17, 15) is 4.79 Å². The zero-order valence-corrected chi connectivity index (χ0v) is 17.6. The van der Waals surface area contributed by atoms with Crippen LogP contribution in [0.15, 0.2) is 59.5 Å². The molecular formula is C25H29N3O2. The standard InChI is InChI=1S/C25H29N3O2/c1-19-17-23(29)28(16-14-20-9-4-2-5-10-20)25(27-19)24-22(13-8-15-26-24)30-18-21-11-6-3-7-12-21/h3,6-8,11-13,15,17,20H,2,4-5,9-10,14,16,18H2,1H3. The maximum atomic E-state index is 12.9. The zero-order valence-electron chi connectivity index (χ0n) is 17.6. The average Bonchev–Trinajstić information content (AvgIpc) is 2.78. The molecule has 156 valence electrons. The number of nitrogens with zero attached hydrogens (tertiary/aromatic N) is 3. The Bertz CT molecular complexity index is 1020. The first kappa shape index (κ1) is 20.3. The maximum Gasteiger partial charge on any atom is 0.254 e. The highest BCUT2D eigenvalue weighted by atomic mass is 16.5. The molecule has 30 heavy (non-hydrogen) atoms. The molecule has 3 aromatic rings. The van der Waals surface area contributed by atoms with E-state index in [2.05, 4.69) is 4.98 Å². The van der Waals surface area contributed by atoms with Gasteiger partial charge in [-0.15, -0.1) is 0 Å². The lowest BCUT2D eigenvalue weighted by Crippen LogP contribution is -2.25. The van der Waals surface area contributed by atoms with Crippen LogP contribution in [0, 0.1) is 12.8 Å². The molecule has 5 nitrogen and oxygen atoms in total. The zero-order chi connectivity index (χ0) is 20.8. The molecule has 0 atom stereocenters. The van der Waals surface area contributed by atoms with E-state index in [4.69, 9.17) is 9.72 Å². The van der Waals surface area contributed by atoms with Crippen molar-refractivity contribution in [1.82, 2.24) is 14.5 Å². The quantitative estimate of drug-likeness (QED) is 0.546. The molecule has 0 amide bonds. The molecule has 5 heteroatoms. The van der Waals surface area contributed by atoms with Crippen molar-refractivity contribution in [2.75, 3.05) is 0 Å². The Labute approximate surface area is 177 Å². The Morgan fingerprint density at radius 3 is 2.67 bits per heavy atom. The molecule has 1 aliphatic carbocycles. The van der Waals surface area contributed by atoms with Crippen LogP contribution in [0.25, 0.3) is 11.5 Å². The molecule has 0 N–H and O–H groups in total. The lowest BCUT2D eigenvalue weighted by molar-refractivity contribution is 0.305. The first-order valence-corrected chi connectivity index (χ1v) is 10.9. The van der Waals surface area contributed by atoms with Crippen molar-refractivity contribution in [1.29, 1.82) is 0 Å². The van der Waals surface area contributed by atoms with Crippen molar-refractivity contribution in [2.24, 2.45) is 5.92 Å². The Hall–Kier alpha value is -2.95. The number of rotatable bonds is 7. The van der Waals surface area contributed by atoms with Crippen molar-refractivity contribution < 1.29 is 4.74 Å². The highest BCUT2D eigenvalue weighted by Gasteiger charge is 2.18. The van der Waals surface area contributed by atoms with Crippen molar-refractivity contribution >= 4 is 0 Å². The molecule has 0 spiro atoms. The molecule has 4 rings (SSSR count). The van der Waals surface area contributed by atoms with E-state index in [1.165, 1.54) is 32.1 Å². The highest BCUT2D eigenvalue weighted by molar-refractivity contribution is 5.59. The van der Waals surface area contributed by atoms with Crippen molar-refractivity contribution in [2.45, 2.75) is 58.6 Å². The molecule has 2 heterocycles. The van der Waals surface area contributed by atoms with E-state index in [1.807, 2.05) is 49.4 Å². The van der Waals surface area contributed by atoms with Crippen molar-refractivity contribution in [3.8, 4) is 17.3 Å². The molecular weight excluding hydrogens is 374 g/mol. The van der Waals surface area contributed by atoms with Crippen LogP contribution in [0.5, 0.6) is 5.75 Å². The van der Waals surface area contributed by atoms with Gasteiger partial charge in [0.1, 0.15) is 18.1 Å². The number of hydrogen-bond donors (Lipinski definition) is 0. The van der Waals surface area contributed by atoms with Gasteiger partial charge in [0.2, 0.25) is 0 Å². The van der Waals surface area contributed by atoms with Gasteiger partial charge in [0, 0.05) is 24.5 Å². The Morgan fingerprint density at radius 1 is 1.07 bits per heavy atom. The molecule has 0 saturated heterocycles. The summed E-state index contributed by atoms with van der Waals surface area (Å²) in [4.78, 5) is 22.1. The van der Waals surface area contributed by atoms with Crippen molar-refractivity contribution in [3.63, 3.8) is 0 Å². The normalized spacial score (nSPS) is 14.6. The van der Waals surface area contributed by atoms with Crippen LogP contribution in [-0.2, 0) is 13.2 Å². The predicted molar refractivity (Wildman–Crippen MR) is 118 cm³/mol. The van der Waals surface area contributed by atoms with Gasteiger partial charge in [-0.25, -0.2) is 9.97 Å². The molecule has 0 radical (unpaired) electrons. The number of aromatic nitrogens is 3. The number of aryl methyl sites for hydroxylation is 1. The monoisotopic (exact) mass is 403 g/mol. The average molecular weight is 404 g/mol. The van der Waals surface area contributed by atoms with E-state index in [1.54, 1.807) is 16.8 Å². The lowest BCUT2D eigenvalue weighted by Gasteiger charge is -2.22. The molecule has 1 aliphatic rings. The van der Waals surface area contributed by atoms with Crippen LogP contribution in [0.2, 0.25) is 0 Å². The third-order valence-electron chi connectivity index (χ3n) is 5.84. The molecule has 0 unspecified atom stereocenters. The number of hydrogen-bond acceptors (Lipinski definition) is 4. The second-order valence-electron chi connectivity index (χ2n) is 8.13. The lowest BCUT2D eigenvalue weighted by atomic mass is 9.87. The third kappa shape index (κ3) is 4.96. The van der Waals surface area contributed by atoms with E-state index in [0.717, 1.165) is 12.0 Å². The van der Waals surface area contributed by atoms with Crippen LogP contribution in [-0.4, -0.2) is 14.5 Å². The smallest absolute Gasteiger partial charge is 0.254 e. The second kappa shape index (κ2) is 9.70. The first-order chi connectivity index (χ1) is 14.7. The van der Waals surface area contributed by atoms with Gasteiger partial charge in [-0.3, -0.25) is 9.36 Å². The van der Waals surface area contributed by atoms with E-state index in [0.29, 0.717) is 42.0 Å². The van der Waals surface area contributed by atoms with Gasteiger partial charge in [0.15, 0.2) is 5.82 Å². The largest absolute Gasteiger partial charge is 0.486 e. The van der Waals surface area contributed by atoms with Gasteiger partial charge in [-0.05, 0) is 37.0 Å². The minimum atomic E-state index is -0.0204. The second-order valence-corrected chi connectivity index (χ2v) is 8.13. The third-order valence-corrected chi connectivity index (χ3v) is 5.84. The highest BCUT2D eigenvalue weighted by Crippen LogP contribution is 2.29. The van der Waals surface area contributed by atoms with Crippen LogP contribution >= 0.6 is 0 Å². The molecule has 2 aromatic heterocycles. The minimum Gasteiger partial charge on any atom is -0.486 e. The molecule has 0 aliphatic heterocycles. The molecule has 1 saturated carbocycles. The van der Waals surface area contributed by atoms with Gasteiger partial charge in [0.05, 0.1) is 0 Å². The summed E-state index contributed by atoms with van der Waals surface area (Å²) in [6.07, 6.45) is 9.20. The molecule has 1 aromatic carbocycles. The first-order valence-electron chi connectivity index (χ1n) is 10.9. The Morgan fingerprint density at radius 2 is 1.87 bits per heavy atom. The minimum absolute atomic E-state index is 0.0204. The summed E-state index contributed by atoms with van der Waals surface area (Å²) in [7, 11) is 0. The topological polar surface area (TPSA) is 57.0 Å². The van der Waals surface area contributed by atoms with Gasteiger partial charge < -0.3 is 4.74 Å². The SMILES string of the molecule is Cc1cc(=O)n(CCC2CCCCC2)c(-c2ncccc2OCc2ccccc2)n1. The Kier molecular flexibility index (Phi) is 6.57. The summed E-state index contributed by atoms with van der Waals surface area (Å²) in [5.41, 5.74) is 2.38. The predicted octanol–water partition coefficient (Wildman–Crippen LogP) is 5.16. The van der Waals surface area contributed by atoms with Crippen LogP contribution in [0.4, 0.5) is 0 Å². The summed E-state index contributed by atoms with van der Waals surface area (Å²) >= 11 is 0. The number of pyridine rings is 1. The fourth-order valence-corrected chi connectivity index (χ4v) is 4.22. The molecule has 1 fully saturated rings. The van der Waals surface area contributed by atoms with E-state index >= 15 is 0 Å². The Balaban J connectivity index is 1.62. The maximum absolute atomic E-state index is 12.9. The summed E-state index contributed by atoms with van der Waals surface area (Å²) in [6.45, 7) is 2.96. The van der Waals surface area contributed by atoms with Gasteiger partial charge in [-0.2, -0.15) is 0 Å². The van der Waals surface area contributed by atoms with Gasteiger partial charge in [0.25, 0.3) is 5.56 Å². The van der Waals surface area contributed by atoms with Crippen LogP contribution in [0.1, 0.15) is 49.8 Å². The van der Waals surface area contributed by atoms with Gasteiger partial charge >= 0.3 is 0 Å². The number of benzene rings is 1. The van der Waals surface area contributed by atoms with Crippen LogP contribution in [0.3, 0.4) is 0 Å². The summed E-state index contributed by atoms with van der Waals surface area (Å²) in [5, 5.41) is 0. The summed E-state index contributed by atoms with van der Waals surface area (Å²) in [5.74, 6) is 1.93. The number of ether oxygens (including phenoxy) is 1. The van der Waals surface area contributed by atoms with Gasteiger partial charge in [-0.1, -0.05) is 62.4 Å². The van der Waals surface area contributed by atoms with Crippen LogP contribution < -0.4 is 10.3 Å². The summed E-state index contributed by atoms with van der Waals surface area (Å²) in [6, 6.07) is 15.4. The molecule has 0 bridgehead atoms. The summed E-state index contributed by atoms with van der Waals surface area (Å²) < 4.78 is 7.87. The fraction of sp³-hybridized carbons (Fsp3) is 0.400. The van der Waals surface area contributed by atoms with E-state index < -0.39 is 0 Å². The van der Waals surface area contributed by atoms with E-state index in [-0.39, 0.29) is 5.56 Å². The fourth-order valence-electron chi connectivity index (χ4n) is 4.22.